The molecule has 0 unspecified atom stereocenters. The van der Waals surface area contributed by atoms with Crippen molar-refractivity contribution in [2.24, 2.45) is 0 Å². The van der Waals surface area contributed by atoms with Crippen LogP contribution in [0.4, 0.5) is 41.7 Å². The van der Waals surface area contributed by atoms with Gasteiger partial charge in [-0.1, -0.05) is 12.1 Å². The SMILES string of the molecule is COc1cc(N2CCOCC2)ccc1Nc1cc(Nc2ccccc2S(=O)(=O)NC(C)C)c(C(F)(F)F)cn1. The molecule has 3 aromatic rings. The predicted molar refractivity (Wildman–Crippen MR) is 144 cm³/mol. The lowest BCUT2D eigenvalue weighted by Gasteiger charge is -2.29. The van der Waals surface area contributed by atoms with E-state index in [9.17, 15) is 21.6 Å². The maximum absolute atomic E-state index is 13.9. The van der Waals surface area contributed by atoms with E-state index < -0.39 is 27.8 Å². The van der Waals surface area contributed by atoms with Crippen LogP contribution in [-0.2, 0) is 20.9 Å². The highest BCUT2D eigenvalue weighted by Crippen LogP contribution is 2.39. The van der Waals surface area contributed by atoms with Crippen LogP contribution in [0.1, 0.15) is 19.4 Å². The third kappa shape index (κ3) is 6.91. The monoisotopic (exact) mass is 565 g/mol. The molecule has 13 heteroatoms. The van der Waals surface area contributed by atoms with Gasteiger partial charge in [0.25, 0.3) is 0 Å². The third-order valence-corrected chi connectivity index (χ3v) is 7.59. The Morgan fingerprint density at radius 2 is 1.72 bits per heavy atom. The zero-order valence-electron chi connectivity index (χ0n) is 21.7. The predicted octanol–water partition coefficient (Wildman–Crippen LogP) is 5.12. The van der Waals surface area contributed by atoms with Gasteiger partial charge in [-0.15, -0.1) is 0 Å². The topological polar surface area (TPSA) is 105 Å². The first-order valence-electron chi connectivity index (χ1n) is 12.2. The molecular formula is C26H30F3N5O4S. The van der Waals surface area contributed by atoms with Crippen molar-refractivity contribution in [1.29, 1.82) is 0 Å². The van der Waals surface area contributed by atoms with Gasteiger partial charge in [0.1, 0.15) is 16.5 Å². The fourth-order valence-corrected chi connectivity index (χ4v) is 5.53. The average Bonchev–Trinajstić information content (AvgIpc) is 2.88. The van der Waals surface area contributed by atoms with Crippen molar-refractivity contribution in [2.45, 2.75) is 31.0 Å². The summed E-state index contributed by atoms with van der Waals surface area (Å²) in [6.45, 7) is 6.00. The lowest BCUT2D eigenvalue weighted by Crippen LogP contribution is -2.36. The van der Waals surface area contributed by atoms with Gasteiger partial charge in [-0.3, -0.25) is 0 Å². The van der Waals surface area contributed by atoms with Crippen LogP contribution in [0.5, 0.6) is 5.75 Å². The van der Waals surface area contributed by atoms with Gasteiger partial charge in [-0.25, -0.2) is 18.1 Å². The van der Waals surface area contributed by atoms with Crippen LogP contribution in [-0.4, -0.2) is 52.9 Å². The summed E-state index contributed by atoms with van der Waals surface area (Å²) in [5.74, 6) is 0.579. The molecule has 2 aromatic carbocycles. The minimum Gasteiger partial charge on any atom is -0.494 e. The van der Waals surface area contributed by atoms with Crippen molar-refractivity contribution in [3.8, 4) is 5.75 Å². The van der Waals surface area contributed by atoms with Crippen molar-refractivity contribution in [3.63, 3.8) is 0 Å². The van der Waals surface area contributed by atoms with Crippen LogP contribution in [0.25, 0.3) is 0 Å². The number of benzene rings is 2. The maximum Gasteiger partial charge on any atom is 0.419 e. The summed E-state index contributed by atoms with van der Waals surface area (Å²) in [7, 11) is -2.49. The van der Waals surface area contributed by atoms with E-state index in [1.165, 1.54) is 37.4 Å². The number of para-hydroxylation sites is 1. The summed E-state index contributed by atoms with van der Waals surface area (Å²) in [5.41, 5.74) is -0.00312. The maximum atomic E-state index is 13.9. The zero-order valence-corrected chi connectivity index (χ0v) is 22.5. The first kappa shape index (κ1) is 28.5. The second kappa shape index (κ2) is 11.7. The molecule has 2 heterocycles. The largest absolute Gasteiger partial charge is 0.494 e. The van der Waals surface area contributed by atoms with Crippen LogP contribution < -0.4 is 25.0 Å². The number of aromatic nitrogens is 1. The highest BCUT2D eigenvalue weighted by atomic mass is 32.2. The number of alkyl halides is 3. The number of pyridine rings is 1. The first-order chi connectivity index (χ1) is 18.5. The molecule has 0 amide bonds. The van der Waals surface area contributed by atoms with Crippen molar-refractivity contribution in [2.75, 3.05) is 48.9 Å². The normalized spacial score (nSPS) is 14.4. The van der Waals surface area contributed by atoms with E-state index in [1.54, 1.807) is 19.9 Å². The van der Waals surface area contributed by atoms with Gasteiger partial charge < -0.3 is 25.0 Å². The molecule has 0 bridgehead atoms. The molecular weight excluding hydrogens is 535 g/mol. The highest BCUT2D eigenvalue weighted by Gasteiger charge is 2.35. The number of hydrogen-bond acceptors (Lipinski definition) is 8. The number of anilines is 5. The summed E-state index contributed by atoms with van der Waals surface area (Å²) >= 11 is 0. The van der Waals surface area contributed by atoms with Gasteiger partial charge in [0.2, 0.25) is 10.0 Å². The van der Waals surface area contributed by atoms with Crippen LogP contribution >= 0.6 is 0 Å². The summed E-state index contributed by atoms with van der Waals surface area (Å²) in [5, 5.41) is 5.68. The smallest absolute Gasteiger partial charge is 0.419 e. The minimum absolute atomic E-state index is 0.0132. The molecule has 0 radical (unpaired) electrons. The molecule has 1 fully saturated rings. The molecule has 1 aliphatic heterocycles. The first-order valence-corrected chi connectivity index (χ1v) is 13.7. The molecule has 1 saturated heterocycles. The minimum atomic E-state index is -4.74. The Morgan fingerprint density at radius 3 is 2.38 bits per heavy atom. The van der Waals surface area contributed by atoms with E-state index in [0.29, 0.717) is 30.8 Å². The Hall–Kier alpha value is -3.55. The van der Waals surface area contributed by atoms with E-state index in [2.05, 4.69) is 25.2 Å². The van der Waals surface area contributed by atoms with Crippen molar-refractivity contribution < 1.29 is 31.1 Å². The molecule has 1 aromatic heterocycles. The molecule has 39 heavy (non-hydrogen) atoms. The molecule has 0 spiro atoms. The van der Waals surface area contributed by atoms with E-state index in [0.717, 1.165) is 18.8 Å². The van der Waals surface area contributed by atoms with Crippen LogP contribution in [0.15, 0.2) is 59.6 Å². The van der Waals surface area contributed by atoms with Crippen molar-refractivity contribution in [3.05, 3.63) is 60.3 Å². The summed E-state index contributed by atoms with van der Waals surface area (Å²) in [6.07, 6.45) is -4.04. The quantitative estimate of drug-likeness (QED) is 0.329. The molecule has 9 nitrogen and oxygen atoms in total. The molecule has 210 valence electrons. The number of methoxy groups -OCH3 is 1. The Kier molecular flexibility index (Phi) is 8.52. The highest BCUT2D eigenvalue weighted by molar-refractivity contribution is 7.89. The Bertz CT molecular complexity index is 1410. The number of morpholine rings is 1. The van der Waals surface area contributed by atoms with Gasteiger partial charge in [-0.2, -0.15) is 13.2 Å². The number of nitrogens with one attached hydrogen (secondary N) is 3. The third-order valence-electron chi connectivity index (χ3n) is 5.87. The second-order valence-corrected chi connectivity index (χ2v) is 10.8. The molecule has 0 aliphatic carbocycles. The number of rotatable bonds is 9. The standard InChI is InChI=1S/C26H30F3N5O4S/c1-17(2)33-39(35,36)24-7-5-4-6-21(24)31-22-15-25(30-16-19(22)26(27,28)29)32-20-9-8-18(14-23(20)37-3)34-10-12-38-13-11-34/h4-9,14-17,33H,10-13H2,1-3H3,(H2,30,31,32). The number of halogens is 3. The Balaban J connectivity index is 1.68. The second-order valence-electron chi connectivity index (χ2n) is 9.12. The van der Waals surface area contributed by atoms with Gasteiger partial charge in [0, 0.05) is 43.1 Å². The number of ether oxygens (including phenoxy) is 2. The van der Waals surface area contributed by atoms with Gasteiger partial charge in [0.15, 0.2) is 0 Å². The number of hydrogen-bond donors (Lipinski definition) is 3. The number of nitrogens with zero attached hydrogens (tertiary/aromatic N) is 2. The average molecular weight is 566 g/mol. The van der Waals surface area contributed by atoms with E-state index >= 15 is 0 Å². The van der Waals surface area contributed by atoms with Crippen LogP contribution in [0, 0.1) is 0 Å². The molecule has 4 rings (SSSR count). The van der Waals surface area contributed by atoms with E-state index in [4.69, 9.17) is 9.47 Å². The van der Waals surface area contributed by atoms with E-state index in [1.807, 2.05) is 12.1 Å². The van der Waals surface area contributed by atoms with E-state index in [-0.39, 0.29) is 22.1 Å². The Morgan fingerprint density at radius 1 is 1.00 bits per heavy atom. The lowest BCUT2D eigenvalue weighted by molar-refractivity contribution is -0.137. The van der Waals surface area contributed by atoms with Gasteiger partial charge in [0.05, 0.1) is 42.9 Å². The lowest BCUT2D eigenvalue weighted by atomic mass is 10.2. The van der Waals surface area contributed by atoms with Crippen molar-refractivity contribution >= 4 is 38.6 Å². The Labute approximate surface area is 225 Å². The molecule has 1 aliphatic rings. The molecule has 3 N–H and O–H groups in total. The van der Waals surface area contributed by atoms with Crippen molar-refractivity contribution in [1.82, 2.24) is 9.71 Å². The van der Waals surface area contributed by atoms with Gasteiger partial charge in [-0.05, 0) is 38.1 Å². The van der Waals surface area contributed by atoms with Crippen LogP contribution in [0.3, 0.4) is 0 Å². The fraction of sp³-hybridized carbons (Fsp3) is 0.346. The zero-order chi connectivity index (χ0) is 28.2. The summed E-state index contributed by atoms with van der Waals surface area (Å²) in [4.78, 5) is 5.92. The summed E-state index contributed by atoms with van der Waals surface area (Å²) < 4.78 is 80.7. The number of sulfonamides is 1. The molecule has 0 saturated carbocycles. The van der Waals surface area contributed by atoms with Crippen LogP contribution in [0.2, 0.25) is 0 Å². The molecule has 0 atom stereocenters. The van der Waals surface area contributed by atoms with Gasteiger partial charge >= 0.3 is 6.18 Å². The summed E-state index contributed by atoms with van der Waals surface area (Å²) in [6, 6.07) is 12.0. The fourth-order valence-electron chi connectivity index (χ4n) is 4.12.